The highest BCUT2D eigenvalue weighted by atomic mass is 35.5. The quantitative estimate of drug-likeness (QED) is 0.358. The summed E-state index contributed by atoms with van der Waals surface area (Å²) in [5.41, 5.74) is -0.275. The molecule has 0 aromatic carbocycles. The van der Waals surface area contributed by atoms with Crippen molar-refractivity contribution in [3.63, 3.8) is 0 Å². The van der Waals surface area contributed by atoms with Crippen molar-refractivity contribution in [2.75, 3.05) is 30.3 Å². The number of halogens is 1. The third-order valence-electron chi connectivity index (χ3n) is 6.02. The average Bonchev–Trinajstić information content (AvgIpc) is 3.22. The normalized spacial score (nSPS) is 20.0. The molecule has 1 atom stereocenters. The molecule has 9 heteroatoms. The number of carbonyl (C=O) groups is 2. The van der Waals surface area contributed by atoms with Crippen LogP contribution < -0.4 is 10.2 Å². The van der Waals surface area contributed by atoms with Gasteiger partial charge in [0.15, 0.2) is 5.16 Å². The maximum atomic E-state index is 12.8. The number of aromatic nitrogens is 2. The summed E-state index contributed by atoms with van der Waals surface area (Å²) in [6.45, 7) is 10.0. The van der Waals surface area contributed by atoms with Crippen LogP contribution >= 0.6 is 23.4 Å². The van der Waals surface area contributed by atoms with Crippen molar-refractivity contribution in [2.24, 2.45) is 5.92 Å². The van der Waals surface area contributed by atoms with Gasteiger partial charge in [-0.15, -0.1) is 0 Å². The van der Waals surface area contributed by atoms with Crippen LogP contribution in [0.4, 0.5) is 5.82 Å². The Morgan fingerprint density at radius 3 is 2.59 bits per heavy atom. The molecule has 0 bridgehead atoms. The highest BCUT2D eigenvalue weighted by Gasteiger charge is 2.29. The van der Waals surface area contributed by atoms with Gasteiger partial charge >= 0.3 is 0 Å². The number of anilines is 1. The molecule has 178 valence electrons. The van der Waals surface area contributed by atoms with Crippen molar-refractivity contribution in [2.45, 2.75) is 83.0 Å². The number of hydrogen-bond acceptors (Lipinski definition) is 6. The molecule has 2 amide bonds. The van der Waals surface area contributed by atoms with Crippen LogP contribution in [0, 0.1) is 5.92 Å². The maximum absolute atomic E-state index is 12.8. The van der Waals surface area contributed by atoms with Crippen LogP contribution in [-0.4, -0.2) is 63.7 Å². The molecule has 1 aromatic rings. The molecule has 2 fully saturated rings. The Kier molecular flexibility index (Phi) is 8.67. The van der Waals surface area contributed by atoms with Gasteiger partial charge in [-0.3, -0.25) is 9.59 Å². The topological polar surface area (TPSA) is 78.4 Å². The molecular formula is C23H36ClN5O2S. The molecule has 0 spiro atoms. The minimum Gasteiger partial charge on any atom is -0.353 e. The molecule has 0 radical (unpaired) electrons. The van der Waals surface area contributed by atoms with E-state index >= 15 is 0 Å². The summed E-state index contributed by atoms with van der Waals surface area (Å²) < 4.78 is 0. The van der Waals surface area contributed by atoms with Crippen LogP contribution in [0.3, 0.4) is 0 Å². The van der Waals surface area contributed by atoms with E-state index in [4.69, 9.17) is 11.6 Å². The van der Waals surface area contributed by atoms with E-state index in [-0.39, 0.29) is 29.1 Å². The Bertz CT molecular complexity index is 810. The molecule has 32 heavy (non-hydrogen) atoms. The van der Waals surface area contributed by atoms with Crippen LogP contribution in [0.1, 0.15) is 66.2 Å². The van der Waals surface area contributed by atoms with Crippen LogP contribution in [0.5, 0.6) is 0 Å². The van der Waals surface area contributed by atoms with Gasteiger partial charge in [0.05, 0.1) is 5.75 Å². The Labute approximate surface area is 201 Å². The van der Waals surface area contributed by atoms with Gasteiger partial charge < -0.3 is 15.1 Å². The first kappa shape index (κ1) is 25.1. The highest BCUT2D eigenvalue weighted by Crippen LogP contribution is 2.29. The first-order valence-corrected chi connectivity index (χ1v) is 13.0. The van der Waals surface area contributed by atoms with Crippen LogP contribution in [0.2, 0.25) is 5.15 Å². The number of nitrogens with one attached hydrogen (secondary N) is 1. The van der Waals surface area contributed by atoms with Crippen molar-refractivity contribution in [1.29, 1.82) is 0 Å². The molecule has 1 aromatic heterocycles. The van der Waals surface area contributed by atoms with Crippen LogP contribution in [-0.2, 0) is 9.59 Å². The molecule has 3 rings (SSSR count). The fraction of sp³-hybridized carbons (Fsp3) is 0.739. The second kappa shape index (κ2) is 11.1. The molecule has 1 aliphatic heterocycles. The molecule has 2 aliphatic rings. The third-order valence-corrected chi connectivity index (χ3v) is 7.06. The SMILES string of the molecule is CC1CN(c2cc(Cl)nc(SCC(=O)NC(C)(C)C)n2)CCN1C(=O)CCC1CCCC1. The van der Waals surface area contributed by atoms with E-state index in [1.165, 1.54) is 37.4 Å². The van der Waals surface area contributed by atoms with Crippen molar-refractivity contribution in [1.82, 2.24) is 20.2 Å². The van der Waals surface area contributed by atoms with Gasteiger partial charge in [0.25, 0.3) is 0 Å². The zero-order valence-corrected chi connectivity index (χ0v) is 21.3. The number of rotatable bonds is 7. The van der Waals surface area contributed by atoms with Gasteiger partial charge in [0.1, 0.15) is 11.0 Å². The molecule has 1 saturated carbocycles. The van der Waals surface area contributed by atoms with Gasteiger partial charge in [-0.1, -0.05) is 49.0 Å². The van der Waals surface area contributed by atoms with Gasteiger partial charge in [0, 0.05) is 43.7 Å². The minimum atomic E-state index is -0.275. The zero-order valence-electron chi connectivity index (χ0n) is 19.7. The minimum absolute atomic E-state index is 0.0639. The van der Waals surface area contributed by atoms with Gasteiger partial charge in [0.2, 0.25) is 11.8 Å². The Morgan fingerprint density at radius 1 is 1.22 bits per heavy atom. The summed E-state index contributed by atoms with van der Waals surface area (Å²) in [7, 11) is 0. The molecule has 1 N–H and O–H groups in total. The largest absolute Gasteiger partial charge is 0.353 e. The second-order valence-electron chi connectivity index (χ2n) is 9.99. The van der Waals surface area contributed by atoms with Gasteiger partial charge in [-0.05, 0) is 40.0 Å². The summed E-state index contributed by atoms with van der Waals surface area (Å²) in [4.78, 5) is 38.0. The van der Waals surface area contributed by atoms with E-state index in [0.29, 0.717) is 36.4 Å². The lowest BCUT2D eigenvalue weighted by Gasteiger charge is -2.40. The smallest absolute Gasteiger partial charge is 0.230 e. The zero-order chi connectivity index (χ0) is 23.3. The molecular weight excluding hydrogens is 446 g/mol. The van der Waals surface area contributed by atoms with E-state index in [1.807, 2.05) is 25.7 Å². The van der Waals surface area contributed by atoms with Gasteiger partial charge in [-0.2, -0.15) is 0 Å². The molecule has 1 aliphatic carbocycles. The lowest BCUT2D eigenvalue weighted by Crippen LogP contribution is -2.54. The number of thioether (sulfide) groups is 1. The molecule has 2 heterocycles. The van der Waals surface area contributed by atoms with E-state index in [9.17, 15) is 9.59 Å². The second-order valence-corrected chi connectivity index (χ2v) is 11.3. The summed E-state index contributed by atoms with van der Waals surface area (Å²) in [6.07, 6.45) is 6.88. The number of piperazine rings is 1. The van der Waals surface area contributed by atoms with Crippen LogP contribution in [0.25, 0.3) is 0 Å². The standard InChI is InChI=1S/C23H36ClN5O2S/c1-16-14-28(11-12-29(16)21(31)10-9-17-7-5-6-8-17)19-13-18(24)25-22(26-19)32-15-20(30)27-23(2,3)4/h13,16-17H,5-12,14-15H2,1-4H3,(H,27,30). The van der Waals surface area contributed by atoms with Crippen molar-refractivity contribution in [3.8, 4) is 0 Å². The predicted octanol–water partition coefficient (Wildman–Crippen LogP) is 4.14. The summed E-state index contributed by atoms with van der Waals surface area (Å²) in [5.74, 6) is 1.92. The first-order chi connectivity index (χ1) is 15.1. The number of amides is 2. The highest BCUT2D eigenvalue weighted by molar-refractivity contribution is 7.99. The van der Waals surface area contributed by atoms with E-state index in [2.05, 4.69) is 27.1 Å². The molecule has 1 saturated heterocycles. The fourth-order valence-electron chi connectivity index (χ4n) is 4.50. The van der Waals surface area contributed by atoms with E-state index in [1.54, 1.807) is 6.07 Å². The first-order valence-electron chi connectivity index (χ1n) is 11.6. The maximum Gasteiger partial charge on any atom is 0.230 e. The Hall–Kier alpha value is -1.54. The predicted molar refractivity (Wildman–Crippen MR) is 130 cm³/mol. The Balaban J connectivity index is 1.54. The third kappa shape index (κ3) is 7.51. The lowest BCUT2D eigenvalue weighted by atomic mass is 10.0. The van der Waals surface area contributed by atoms with E-state index < -0.39 is 0 Å². The number of hydrogen-bond donors (Lipinski definition) is 1. The summed E-state index contributed by atoms with van der Waals surface area (Å²) in [6, 6.07) is 1.87. The average molecular weight is 482 g/mol. The van der Waals surface area contributed by atoms with Crippen molar-refractivity contribution >= 4 is 41.0 Å². The van der Waals surface area contributed by atoms with Crippen LogP contribution in [0.15, 0.2) is 11.2 Å². The molecule has 7 nitrogen and oxygen atoms in total. The summed E-state index contributed by atoms with van der Waals surface area (Å²) >= 11 is 7.53. The number of nitrogens with zero attached hydrogens (tertiary/aromatic N) is 4. The van der Waals surface area contributed by atoms with Gasteiger partial charge in [-0.25, -0.2) is 9.97 Å². The van der Waals surface area contributed by atoms with Crippen molar-refractivity contribution < 1.29 is 9.59 Å². The lowest BCUT2D eigenvalue weighted by molar-refractivity contribution is -0.134. The monoisotopic (exact) mass is 481 g/mol. The van der Waals surface area contributed by atoms with E-state index in [0.717, 1.165) is 18.2 Å². The fourth-order valence-corrected chi connectivity index (χ4v) is 5.38. The van der Waals surface area contributed by atoms with Crippen molar-refractivity contribution in [3.05, 3.63) is 11.2 Å². The Morgan fingerprint density at radius 2 is 1.94 bits per heavy atom. The molecule has 1 unspecified atom stereocenters. The summed E-state index contributed by atoms with van der Waals surface area (Å²) in [5, 5.41) is 3.78. The number of carbonyl (C=O) groups excluding carboxylic acids is 2.